The molecule has 1 aromatic carbocycles. The van der Waals surface area contributed by atoms with Crippen molar-refractivity contribution in [3.05, 3.63) is 29.8 Å². The molecule has 25 heavy (non-hydrogen) atoms. The van der Waals surface area contributed by atoms with Crippen LogP contribution in [0.4, 0.5) is 0 Å². The predicted octanol–water partition coefficient (Wildman–Crippen LogP) is 3.31. The lowest BCUT2D eigenvalue weighted by Crippen LogP contribution is -2.43. The van der Waals surface area contributed by atoms with E-state index < -0.39 is 0 Å². The van der Waals surface area contributed by atoms with Crippen molar-refractivity contribution >= 4 is 29.9 Å². The van der Waals surface area contributed by atoms with E-state index in [0.717, 1.165) is 51.0 Å². The van der Waals surface area contributed by atoms with E-state index in [4.69, 9.17) is 9.47 Å². The molecule has 1 N–H and O–H groups in total. The van der Waals surface area contributed by atoms with Crippen LogP contribution in [0.25, 0.3) is 0 Å². The van der Waals surface area contributed by atoms with E-state index in [9.17, 15) is 0 Å². The molecule has 1 heterocycles. The van der Waals surface area contributed by atoms with Gasteiger partial charge in [-0.3, -0.25) is 4.99 Å². The summed E-state index contributed by atoms with van der Waals surface area (Å²) in [6, 6.07) is 8.15. The lowest BCUT2D eigenvalue weighted by Gasteiger charge is -2.23. The van der Waals surface area contributed by atoms with Crippen molar-refractivity contribution < 1.29 is 9.47 Å². The van der Waals surface area contributed by atoms with Crippen molar-refractivity contribution in [2.24, 2.45) is 10.9 Å². The number of guanidine groups is 1. The van der Waals surface area contributed by atoms with Crippen LogP contribution in [-0.4, -0.2) is 56.9 Å². The molecule has 2 unspecified atom stereocenters. The molecule has 2 rings (SSSR count). The molecule has 0 bridgehead atoms. The number of halogens is 1. The van der Waals surface area contributed by atoms with Crippen molar-refractivity contribution in [1.82, 2.24) is 10.2 Å². The first-order chi connectivity index (χ1) is 11.6. The molecule has 1 saturated heterocycles. The van der Waals surface area contributed by atoms with Crippen LogP contribution in [0.2, 0.25) is 0 Å². The monoisotopic (exact) mass is 461 g/mol. The Bertz CT molecular complexity index is 539. The number of likely N-dealkylation sites (tertiary alicyclic amines) is 1. The summed E-state index contributed by atoms with van der Waals surface area (Å²) in [5, 5.41) is 3.43. The van der Waals surface area contributed by atoms with Gasteiger partial charge in [0.2, 0.25) is 0 Å². The standard InChI is InChI=1S/C19H31N3O2.HI/c1-5-23-14-17-9-10-22(13-17)19(20-4)21-12-16(3)24-18-8-6-7-15(2)11-18;/h6-8,11,16-17H,5,9-10,12-14H2,1-4H3,(H,20,21);1H. The van der Waals surface area contributed by atoms with Gasteiger partial charge in [0.05, 0.1) is 13.2 Å². The number of hydrogen-bond acceptors (Lipinski definition) is 3. The first-order valence-corrected chi connectivity index (χ1v) is 8.89. The number of hydrogen-bond donors (Lipinski definition) is 1. The highest BCUT2D eigenvalue weighted by molar-refractivity contribution is 14.0. The summed E-state index contributed by atoms with van der Waals surface area (Å²) >= 11 is 0. The Kier molecular flexibility index (Phi) is 10.2. The molecule has 1 fully saturated rings. The van der Waals surface area contributed by atoms with Gasteiger partial charge >= 0.3 is 0 Å². The second kappa shape index (κ2) is 11.6. The van der Waals surface area contributed by atoms with Crippen molar-refractivity contribution in [2.75, 3.05) is 39.9 Å². The number of rotatable bonds is 7. The number of aliphatic imine (C=N–C) groups is 1. The number of benzene rings is 1. The Balaban J connectivity index is 0.00000312. The van der Waals surface area contributed by atoms with Crippen LogP contribution in [0.3, 0.4) is 0 Å². The Morgan fingerprint density at radius 1 is 1.44 bits per heavy atom. The zero-order valence-corrected chi connectivity index (χ0v) is 18.2. The number of aryl methyl sites for hydroxylation is 1. The summed E-state index contributed by atoms with van der Waals surface area (Å²) in [4.78, 5) is 6.72. The number of nitrogens with zero attached hydrogens (tertiary/aromatic N) is 2. The van der Waals surface area contributed by atoms with Crippen molar-refractivity contribution in [2.45, 2.75) is 33.3 Å². The summed E-state index contributed by atoms with van der Waals surface area (Å²) in [5.74, 6) is 2.47. The van der Waals surface area contributed by atoms with Gasteiger partial charge in [0.1, 0.15) is 11.9 Å². The second-order valence-corrected chi connectivity index (χ2v) is 6.43. The van der Waals surface area contributed by atoms with Crippen LogP contribution >= 0.6 is 24.0 Å². The molecular weight excluding hydrogens is 429 g/mol. The van der Waals surface area contributed by atoms with E-state index in [1.54, 1.807) is 0 Å². The largest absolute Gasteiger partial charge is 0.489 e. The fraction of sp³-hybridized carbons (Fsp3) is 0.632. The normalized spacial score (nSPS) is 18.6. The number of nitrogens with one attached hydrogen (secondary N) is 1. The molecule has 0 amide bonds. The molecule has 2 atom stereocenters. The highest BCUT2D eigenvalue weighted by Gasteiger charge is 2.25. The quantitative estimate of drug-likeness (QED) is 0.385. The third kappa shape index (κ3) is 7.40. The van der Waals surface area contributed by atoms with Crippen molar-refractivity contribution in [1.29, 1.82) is 0 Å². The first kappa shape index (κ1) is 22.0. The van der Waals surface area contributed by atoms with Crippen LogP contribution in [0, 0.1) is 12.8 Å². The molecule has 0 spiro atoms. The van der Waals surface area contributed by atoms with Gasteiger partial charge in [-0.2, -0.15) is 0 Å². The van der Waals surface area contributed by atoms with Crippen LogP contribution in [0.5, 0.6) is 5.75 Å². The van der Waals surface area contributed by atoms with Crippen LogP contribution < -0.4 is 10.1 Å². The maximum absolute atomic E-state index is 5.97. The number of ether oxygens (including phenoxy) is 2. The molecule has 1 aliphatic rings. The Morgan fingerprint density at radius 2 is 2.24 bits per heavy atom. The first-order valence-electron chi connectivity index (χ1n) is 8.89. The van der Waals surface area contributed by atoms with Crippen molar-refractivity contribution in [3.8, 4) is 5.75 Å². The average molecular weight is 461 g/mol. The summed E-state index contributed by atoms with van der Waals surface area (Å²) in [5.41, 5.74) is 1.21. The molecule has 0 saturated carbocycles. The molecule has 0 aliphatic carbocycles. The van der Waals surface area contributed by atoms with E-state index >= 15 is 0 Å². The fourth-order valence-corrected chi connectivity index (χ4v) is 2.98. The Morgan fingerprint density at radius 3 is 2.92 bits per heavy atom. The lowest BCUT2D eigenvalue weighted by atomic mass is 10.1. The highest BCUT2D eigenvalue weighted by Crippen LogP contribution is 2.17. The maximum Gasteiger partial charge on any atom is 0.193 e. The van der Waals surface area contributed by atoms with E-state index in [0.29, 0.717) is 5.92 Å². The molecule has 0 radical (unpaired) electrons. The summed E-state index contributed by atoms with van der Waals surface area (Å²) in [7, 11) is 1.84. The van der Waals surface area contributed by atoms with E-state index in [2.05, 4.69) is 41.2 Å². The van der Waals surface area contributed by atoms with E-state index in [1.165, 1.54) is 5.56 Å². The molecule has 1 aliphatic heterocycles. The maximum atomic E-state index is 5.97. The van der Waals surface area contributed by atoms with Gasteiger partial charge < -0.3 is 19.7 Å². The predicted molar refractivity (Wildman–Crippen MR) is 114 cm³/mol. The summed E-state index contributed by atoms with van der Waals surface area (Å²) in [6.07, 6.45) is 1.24. The minimum atomic E-state index is 0. The molecule has 0 aromatic heterocycles. The van der Waals surface area contributed by atoms with E-state index in [1.807, 2.05) is 26.1 Å². The van der Waals surface area contributed by atoms with Gasteiger partial charge in [0, 0.05) is 32.7 Å². The van der Waals surface area contributed by atoms with Crippen LogP contribution in [0.1, 0.15) is 25.8 Å². The van der Waals surface area contributed by atoms with Crippen LogP contribution in [-0.2, 0) is 4.74 Å². The summed E-state index contributed by atoms with van der Waals surface area (Å²) < 4.78 is 11.5. The minimum Gasteiger partial charge on any atom is -0.489 e. The van der Waals surface area contributed by atoms with Crippen LogP contribution in [0.15, 0.2) is 29.3 Å². The van der Waals surface area contributed by atoms with Gasteiger partial charge in [-0.25, -0.2) is 0 Å². The molecule has 6 heteroatoms. The van der Waals surface area contributed by atoms with Gasteiger partial charge in [0.25, 0.3) is 0 Å². The molecular formula is C19H32IN3O2. The fourth-order valence-electron chi connectivity index (χ4n) is 2.98. The Labute approximate surface area is 169 Å². The molecule has 1 aromatic rings. The summed E-state index contributed by atoms with van der Waals surface area (Å²) in [6.45, 7) is 10.6. The zero-order valence-electron chi connectivity index (χ0n) is 15.8. The van der Waals surface area contributed by atoms with Gasteiger partial charge in [0.15, 0.2) is 5.96 Å². The highest BCUT2D eigenvalue weighted by atomic mass is 127. The average Bonchev–Trinajstić information content (AvgIpc) is 3.02. The minimum absolute atomic E-state index is 0. The third-order valence-electron chi connectivity index (χ3n) is 4.23. The van der Waals surface area contributed by atoms with Crippen molar-refractivity contribution in [3.63, 3.8) is 0 Å². The smallest absolute Gasteiger partial charge is 0.193 e. The van der Waals surface area contributed by atoms with Gasteiger partial charge in [-0.05, 0) is 44.9 Å². The second-order valence-electron chi connectivity index (χ2n) is 6.43. The van der Waals surface area contributed by atoms with Gasteiger partial charge in [-0.1, -0.05) is 12.1 Å². The topological polar surface area (TPSA) is 46.1 Å². The molecule has 5 nitrogen and oxygen atoms in total. The molecule has 142 valence electrons. The van der Waals surface area contributed by atoms with E-state index in [-0.39, 0.29) is 30.1 Å². The third-order valence-corrected chi connectivity index (χ3v) is 4.23. The lowest BCUT2D eigenvalue weighted by molar-refractivity contribution is 0.114. The Hall–Kier alpha value is -1.02. The zero-order chi connectivity index (χ0) is 17.4. The van der Waals surface area contributed by atoms with Gasteiger partial charge in [-0.15, -0.1) is 24.0 Å². The SMILES string of the molecule is CCOCC1CCN(C(=NC)NCC(C)Oc2cccc(C)c2)C1.I.